The van der Waals surface area contributed by atoms with Gasteiger partial charge < -0.3 is 15.4 Å². The van der Waals surface area contributed by atoms with Crippen molar-refractivity contribution in [2.24, 2.45) is 0 Å². The number of anilines is 1. The molecule has 0 saturated heterocycles. The second-order valence-electron chi connectivity index (χ2n) is 8.05. The van der Waals surface area contributed by atoms with Gasteiger partial charge in [-0.1, -0.05) is 0 Å². The summed E-state index contributed by atoms with van der Waals surface area (Å²) in [6, 6.07) is 5.64. The Morgan fingerprint density at radius 2 is 2.06 bits per heavy atom. The van der Waals surface area contributed by atoms with E-state index in [1.807, 2.05) is 18.2 Å². The number of rotatable bonds is 9. The van der Waals surface area contributed by atoms with E-state index in [0.29, 0.717) is 51.8 Å². The maximum Gasteiger partial charge on any atom is 0.345 e. The second kappa shape index (κ2) is 9.80. The number of hydrogen-bond donors (Lipinski definition) is 2. The number of ether oxygens (including phenoxy) is 1. The van der Waals surface area contributed by atoms with E-state index in [1.54, 1.807) is 4.57 Å². The zero-order valence-corrected chi connectivity index (χ0v) is 17.7. The Labute approximate surface area is 180 Å². The van der Waals surface area contributed by atoms with E-state index in [4.69, 9.17) is 4.74 Å². The van der Waals surface area contributed by atoms with Crippen LogP contribution < -0.4 is 21.1 Å². The number of fused-ring (bicyclic) bond motifs is 2. The van der Waals surface area contributed by atoms with Crippen LogP contribution in [-0.2, 0) is 35.5 Å². The van der Waals surface area contributed by atoms with Crippen LogP contribution in [0.3, 0.4) is 0 Å². The van der Waals surface area contributed by atoms with Crippen molar-refractivity contribution in [1.29, 1.82) is 0 Å². The van der Waals surface area contributed by atoms with E-state index in [0.717, 1.165) is 48.6 Å². The Kier molecular flexibility index (Phi) is 6.69. The first-order valence-electron chi connectivity index (χ1n) is 11.1. The third-order valence-electron chi connectivity index (χ3n) is 5.69. The first kappa shape index (κ1) is 21.1. The lowest BCUT2D eigenvalue weighted by Gasteiger charge is -2.17. The fourth-order valence-corrected chi connectivity index (χ4v) is 4.01. The Morgan fingerprint density at radius 1 is 1.16 bits per heavy atom. The smallest absolute Gasteiger partial charge is 0.345 e. The fourth-order valence-electron chi connectivity index (χ4n) is 4.01. The monoisotopic (exact) mass is 427 g/mol. The highest BCUT2D eigenvalue weighted by atomic mass is 16.5. The zero-order chi connectivity index (χ0) is 21.6. The van der Waals surface area contributed by atoms with Gasteiger partial charge >= 0.3 is 5.69 Å². The summed E-state index contributed by atoms with van der Waals surface area (Å²) in [5.74, 6) is 1.66. The molecule has 2 aromatic rings. The Hall–Kier alpha value is -3.10. The Bertz CT molecular complexity index is 1010. The van der Waals surface area contributed by atoms with Gasteiger partial charge in [0.05, 0.1) is 6.61 Å². The van der Waals surface area contributed by atoms with Gasteiger partial charge in [-0.15, -0.1) is 0 Å². The van der Waals surface area contributed by atoms with Crippen LogP contribution in [0, 0.1) is 0 Å². The SMILES string of the molecule is O=C(CCCOc1ccc2c(c1)CCC(=O)N2)NCCCn1nc2n(c1=O)CCCC2. The predicted molar refractivity (Wildman–Crippen MR) is 115 cm³/mol. The molecule has 9 nitrogen and oxygen atoms in total. The Balaban J connectivity index is 1.11. The van der Waals surface area contributed by atoms with Crippen LogP contribution >= 0.6 is 0 Å². The summed E-state index contributed by atoms with van der Waals surface area (Å²) in [6.45, 7) is 2.25. The summed E-state index contributed by atoms with van der Waals surface area (Å²) in [5, 5.41) is 10.1. The van der Waals surface area contributed by atoms with Crippen LogP contribution in [-0.4, -0.2) is 39.3 Å². The summed E-state index contributed by atoms with van der Waals surface area (Å²) >= 11 is 0. The van der Waals surface area contributed by atoms with Gasteiger partial charge in [-0.25, -0.2) is 9.48 Å². The number of carbonyl (C=O) groups excluding carboxylic acids is 2. The van der Waals surface area contributed by atoms with Crippen molar-refractivity contribution in [2.75, 3.05) is 18.5 Å². The number of aromatic nitrogens is 3. The van der Waals surface area contributed by atoms with E-state index in [-0.39, 0.29) is 17.5 Å². The lowest BCUT2D eigenvalue weighted by atomic mass is 10.0. The highest BCUT2D eigenvalue weighted by molar-refractivity contribution is 5.94. The van der Waals surface area contributed by atoms with Crippen molar-refractivity contribution < 1.29 is 14.3 Å². The van der Waals surface area contributed by atoms with E-state index >= 15 is 0 Å². The average molecular weight is 428 g/mol. The molecule has 3 heterocycles. The van der Waals surface area contributed by atoms with Crippen molar-refractivity contribution in [2.45, 2.75) is 64.5 Å². The molecule has 0 unspecified atom stereocenters. The standard InChI is InChI=1S/C22H29N5O4/c28-20(23-11-4-13-27-22(30)26-12-2-1-5-19(26)25-27)6-3-14-31-17-8-9-18-16(15-17)7-10-21(29)24-18/h8-9,15H,1-7,10-14H2,(H,23,28)(H,24,29). The highest BCUT2D eigenvalue weighted by Gasteiger charge is 2.16. The van der Waals surface area contributed by atoms with Crippen LogP contribution in [0.1, 0.15) is 49.9 Å². The third kappa shape index (κ3) is 5.34. The molecule has 2 amide bonds. The molecule has 0 atom stereocenters. The molecule has 166 valence electrons. The van der Waals surface area contributed by atoms with Gasteiger partial charge in [-0.3, -0.25) is 14.2 Å². The summed E-state index contributed by atoms with van der Waals surface area (Å²) < 4.78 is 9.03. The lowest BCUT2D eigenvalue weighted by Crippen LogP contribution is -2.29. The van der Waals surface area contributed by atoms with Crippen LogP contribution in [0.4, 0.5) is 5.69 Å². The molecule has 1 aromatic carbocycles. The van der Waals surface area contributed by atoms with Crippen LogP contribution in [0.15, 0.2) is 23.0 Å². The van der Waals surface area contributed by atoms with Crippen LogP contribution in [0.2, 0.25) is 0 Å². The number of nitrogens with one attached hydrogen (secondary N) is 2. The first-order valence-corrected chi connectivity index (χ1v) is 11.1. The van der Waals surface area contributed by atoms with E-state index in [1.165, 1.54) is 4.68 Å². The molecule has 9 heteroatoms. The third-order valence-corrected chi connectivity index (χ3v) is 5.69. The van der Waals surface area contributed by atoms with Gasteiger partial charge in [0.15, 0.2) is 0 Å². The summed E-state index contributed by atoms with van der Waals surface area (Å²) in [6.07, 6.45) is 5.87. The maximum absolute atomic E-state index is 12.3. The van der Waals surface area contributed by atoms with Gasteiger partial charge in [0.25, 0.3) is 0 Å². The highest BCUT2D eigenvalue weighted by Crippen LogP contribution is 2.26. The predicted octanol–water partition coefficient (Wildman–Crippen LogP) is 1.63. The van der Waals surface area contributed by atoms with Crippen molar-refractivity contribution in [3.05, 3.63) is 40.1 Å². The van der Waals surface area contributed by atoms with Gasteiger partial charge in [-0.05, 0) is 55.9 Å². The first-order chi connectivity index (χ1) is 15.1. The van der Waals surface area contributed by atoms with E-state index in [9.17, 15) is 14.4 Å². The van der Waals surface area contributed by atoms with Gasteiger partial charge in [0.2, 0.25) is 11.8 Å². The van der Waals surface area contributed by atoms with Crippen molar-refractivity contribution in [3.63, 3.8) is 0 Å². The van der Waals surface area contributed by atoms with Gasteiger partial charge in [0, 0.05) is 44.6 Å². The number of amides is 2. The average Bonchev–Trinajstić information content (AvgIpc) is 3.10. The Morgan fingerprint density at radius 3 is 2.94 bits per heavy atom. The molecule has 2 N–H and O–H groups in total. The minimum Gasteiger partial charge on any atom is -0.494 e. The molecule has 31 heavy (non-hydrogen) atoms. The number of hydrogen-bond acceptors (Lipinski definition) is 5. The molecule has 0 bridgehead atoms. The molecule has 0 radical (unpaired) electrons. The molecule has 4 rings (SSSR count). The van der Waals surface area contributed by atoms with Gasteiger partial charge in [-0.2, -0.15) is 5.10 Å². The molecule has 0 fully saturated rings. The van der Waals surface area contributed by atoms with Crippen LogP contribution in [0.25, 0.3) is 0 Å². The number of carbonyl (C=O) groups is 2. The summed E-state index contributed by atoms with van der Waals surface area (Å²) in [5.41, 5.74) is 1.89. The maximum atomic E-state index is 12.3. The molecule has 0 spiro atoms. The van der Waals surface area contributed by atoms with E-state index < -0.39 is 0 Å². The van der Waals surface area contributed by atoms with E-state index in [2.05, 4.69) is 15.7 Å². The largest absolute Gasteiger partial charge is 0.494 e. The van der Waals surface area contributed by atoms with Crippen LogP contribution in [0.5, 0.6) is 5.75 Å². The fraction of sp³-hybridized carbons (Fsp3) is 0.545. The molecule has 2 aliphatic heterocycles. The summed E-state index contributed by atoms with van der Waals surface area (Å²) in [7, 11) is 0. The molecule has 0 saturated carbocycles. The molecular weight excluding hydrogens is 398 g/mol. The second-order valence-corrected chi connectivity index (χ2v) is 8.05. The molecule has 2 aliphatic rings. The normalized spacial score (nSPS) is 15.0. The van der Waals surface area contributed by atoms with Crippen molar-refractivity contribution >= 4 is 17.5 Å². The topological polar surface area (TPSA) is 107 Å². The minimum absolute atomic E-state index is 0.0202. The zero-order valence-electron chi connectivity index (χ0n) is 17.7. The molecular formula is C22H29N5O4. The van der Waals surface area contributed by atoms with Crippen molar-refractivity contribution in [1.82, 2.24) is 19.7 Å². The summed E-state index contributed by atoms with van der Waals surface area (Å²) in [4.78, 5) is 35.7. The van der Waals surface area contributed by atoms with Crippen molar-refractivity contribution in [3.8, 4) is 5.75 Å². The molecule has 0 aliphatic carbocycles. The quantitative estimate of drug-likeness (QED) is 0.592. The molecule has 1 aromatic heterocycles. The number of aryl methyl sites for hydroxylation is 3. The minimum atomic E-state index is -0.0391. The number of benzene rings is 1. The van der Waals surface area contributed by atoms with Gasteiger partial charge in [0.1, 0.15) is 11.6 Å². The number of nitrogens with zero attached hydrogens (tertiary/aromatic N) is 3. The lowest BCUT2D eigenvalue weighted by molar-refractivity contribution is -0.121.